The first kappa shape index (κ1) is 21.7. The molecule has 1 aliphatic rings. The number of nitrogens with zero attached hydrogens (tertiary/aromatic N) is 2. The van der Waals surface area contributed by atoms with Crippen LogP contribution in [0.2, 0.25) is 5.02 Å². The predicted molar refractivity (Wildman–Crippen MR) is 118 cm³/mol. The molecule has 2 aromatic rings. The summed E-state index contributed by atoms with van der Waals surface area (Å²) in [6, 6.07) is 14.7. The van der Waals surface area contributed by atoms with Crippen molar-refractivity contribution in [3.8, 4) is 0 Å². The van der Waals surface area contributed by atoms with Crippen LogP contribution in [0.5, 0.6) is 0 Å². The lowest BCUT2D eigenvalue weighted by molar-refractivity contribution is 0.0882. The standard InChI is InChI=1S/C22H25ClN2O3S/c1-22(2,3)29(27)24-14-20-19-13-18(23)10-9-17(19)11-12-25(20)21(26)28-15-16-7-5-4-6-8-16/h4-10,13-14,20H,11-12,15H2,1-3H3. The first-order valence-electron chi connectivity index (χ1n) is 9.47. The topological polar surface area (TPSA) is 65.0 Å². The van der Waals surface area contributed by atoms with Crippen molar-refractivity contribution in [3.05, 3.63) is 70.2 Å². The van der Waals surface area contributed by atoms with Gasteiger partial charge in [0.15, 0.2) is 0 Å². The van der Waals surface area contributed by atoms with E-state index in [0.717, 1.165) is 16.7 Å². The second-order valence-corrected chi connectivity index (χ2v) is 10.3. The van der Waals surface area contributed by atoms with Crippen molar-refractivity contribution in [2.24, 2.45) is 4.40 Å². The van der Waals surface area contributed by atoms with Crippen LogP contribution in [0.15, 0.2) is 52.9 Å². The Hall–Kier alpha value is -2.02. The number of carbonyl (C=O) groups is 1. The van der Waals surface area contributed by atoms with Gasteiger partial charge < -0.3 is 9.29 Å². The van der Waals surface area contributed by atoms with Gasteiger partial charge >= 0.3 is 6.09 Å². The fourth-order valence-corrected chi connectivity index (χ4v) is 3.78. The van der Waals surface area contributed by atoms with Crippen molar-refractivity contribution < 1.29 is 14.1 Å². The van der Waals surface area contributed by atoms with Crippen molar-refractivity contribution in [3.63, 3.8) is 0 Å². The van der Waals surface area contributed by atoms with Gasteiger partial charge in [-0.3, -0.25) is 4.90 Å². The summed E-state index contributed by atoms with van der Waals surface area (Å²) in [6.45, 7) is 6.26. The number of rotatable bonds is 4. The van der Waals surface area contributed by atoms with Crippen LogP contribution in [0.25, 0.3) is 0 Å². The van der Waals surface area contributed by atoms with E-state index in [9.17, 15) is 9.35 Å². The predicted octanol–water partition coefficient (Wildman–Crippen LogP) is 5.11. The zero-order valence-corrected chi connectivity index (χ0v) is 18.4. The molecule has 0 spiro atoms. The molecule has 0 bridgehead atoms. The minimum Gasteiger partial charge on any atom is -0.591 e. The number of benzene rings is 2. The third-order valence-corrected chi connectivity index (χ3v) is 6.24. The van der Waals surface area contributed by atoms with Crippen LogP contribution in [-0.2, 0) is 29.1 Å². The minimum atomic E-state index is -1.43. The average Bonchev–Trinajstić information content (AvgIpc) is 2.69. The fourth-order valence-electron chi connectivity index (χ4n) is 3.06. The molecule has 2 aromatic carbocycles. The Labute approximate surface area is 180 Å². The number of amides is 1. The Bertz CT molecular complexity index is 883. The lowest BCUT2D eigenvalue weighted by Crippen LogP contribution is -2.41. The SMILES string of the molecule is CC(C)(C)[S+]([O-])N=CC1c2cc(Cl)ccc2CCN1C(=O)OCc1ccccc1. The zero-order valence-electron chi connectivity index (χ0n) is 16.8. The van der Waals surface area contributed by atoms with Crippen LogP contribution in [0.4, 0.5) is 4.79 Å². The van der Waals surface area contributed by atoms with Gasteiger partial charge in [0.2, 0.25) is 0 Å². The number of hydrogen-bond donors (Lipinski definition) is 0. The molecule has 0 saturated carbocycles. The summed E-state index contributed by atoms with van der Waals surface area (Å²) in [4.78, 5) is 14.5. The van der Waals surface area contributed by atoms with Gasteiger partial charge in [0, 0.05) is 11.6 Å². The van der Waals surface area contributed by atoms with Crippen molar-refractivity contribution >= 4 is 35.3 Å². The molecule has 29 heavy (non-hydrogen) atoms. The molecule has 0 aliphatic carbocycles. The van der Waals surface area contributed by atoms with E-state index in [1.807, 2.05) is 69.3 Å². The molecule has 0 fully saturated rings. The molecule has 0 aromatic heterocycles. The average molecular weight is 433 g/mol. The molecule has 154 valence electrons. The number of ether oxygens (including phenoxy) is 1. The van der Waals surface area contributed by atoms with Crippen LogP contribution in [0.1, 0.15) is 43.5 Å². The first-order chi connectivity index (χ1) is 13.8. The molecular weight excluding hydrogens is 408 g/mol. The van der Waals surface area contributed by atoms with E-state index in [1.165, 1.54) is 0 Å². The molecule has 1 amide bonds. The van der Waals surface area contributed by atoms with Crippen LogP contribution < -0.4 is 0 Å². The number of fused-ring (bicyclic) bond motifs is 1. The Morgan fingerprint density at radius 2 is 2.03 bits per heavy atom. The van der Waals surface area contributed by atoms with Crippen molar-refractivity contribution in [2.45, 2.75) is 44.6 Å². The van der Waals surface area contributed by atoms with Gasteiger partial charge in [-0.2, -0.15) is 0 Å². The Morgan fingerprint density at radius 3 is 2.72 bits per heavy atom. The maximum absolute atomic E-state index is 12.9. The van der Waals surface area contributed by atoms with Gasteiger partial charge in [0.1, 0.15) is 28.8 Å². The Morgan fingerprint density at radius 1 is 1.31 bits per heavy atom. The monoisotopic (exact) mass is 432 g/mol. The van der Waals surface area contributed by atoms with E-state index < -0.39 is 28.2 Å². The van der Waals surface area contributed by atoms with Gasteiger partial charge in [0.05, 0.1) is 6.21 Å². The molecule has 2 atom stereocenters. The fraction of sp³-hybridized carbons (Fsp3) is 0.364. The Balaban J connectivity index is 1.84. The maximum Gasteiger partial charge on any atom is 0.410 e. The molecule has 7 heteroatoms. The number of carbonyl (C=O) groups excluding carboxylic acids is 1. The molecule has 2 unspecified atom stereocenters. The zero-order chi connectivity index (χ0) is 21.0. The minimum absolute atomic E-state index is 0.191. The second-order valence-electron chi connectivity index (χ2n) is 7.89. The van der Waals surface area contributed by atoms with Gasteiger partial charge in [-0.25, -0.2) is 4.79 Å². The molecule has 3 rings (SSSR count). The molecular formula is C22H25ClN2O3S. The lowest BCUT2D eigenvalue weighted by atomic mass is 9.93. The van der Waals surface area contributed by atoms with Crippen molar-refractivity contribution in [2.75, 3.05) is 6.54 Å². The normalized spacial score (nSPS) is 17.8. The summed E-state index contributed by atoms with van der Waals surface area (Å²) in [5.41, 5.74) is 2.90. The van der Waals surface area contributed by atoms with E-state index in [0.29, 0.717) is 18.0 Å². The molecule has 0 saturated heterocycles. The van der Waals surface area contributed by atoms with E-state index >= 15 is 0 Å². The highest BCUT2D eigenvalue weighted by Gasteiger charge is 2.33. The van der Waals surface area contributed by atoms with Gasteiger partial charge in [0.25, 0.3) is 0 Å². The first-order valence-corrected chi connectivity index (χ1v) is 11.0. The molecule has 1 aliphatic heterocycles. The quantitative estimate of drug-likeness (QED) is 0.498. The second kappa shape index (κ2) is 9.20. The lowest BCUT2D eigenvalue weighted by Gasteiger charge is -2.34. The molecule has 1 heterocycles. The van der Waals surface area contributed by atoms with Crippen LogP contribution in [0.3, 0.4) is 0 Å². The highest BCUT2D eigenvalue weighted by molar-refractivity contribution is 7.91. The van der Waals surface area contributed by atoms with E-state index in [1.54, 1.807) is 11.1 Å². The van der Waals surface area contributed by atoms with Crippen molar-refractivity contribution in [1.29, 1.82) is 0 Å². The maximum atomic E-state index is 12.9. The van der Waals surface area contributed by atoms with E-state index in [2.05, 4.69) is 4.40 Å². The Kier molecular flexibility index (Phi) is 6.88. The molecule has 0 radical (unpaired) electrons. The number of halogens is 1. The third-order valence-electron chi connectivity index (χ3n) is 4.65. The van der Waals surface area contributed by atoms with Crippen molar-refractivity contribution in [1.82, 2.24) is 4.90 Å². The smallest absolute Gasteiger partial charge is 0.410 e. The summed E-state index contributed by atoms with van der Waals surface area (Å²) >= 11 is 4.78. The van der Waals surface area contributed by atoms with Crippen LogP contribution in [0, 0.1) is 0 Å². The highest BCUT2D eigenvalue weighted by Crippen LogP contribution is 2.32. The van der Waals surface area contributed by atoms with E-state index in [-0.39, 0.29) is 6.61 Å². The molecule has 0 N–H and O–H groups in total. The summed E-state index contributed by atoms with van der Waals surface area (Å²) in [5.74, 6) is 0. The third kappa shape index (κ3) is 5.53. The van der Waals surface area contributed by atoms with Gasteiger partial charge in [-0.05, 0) is 56.0 Å². The van der Waals surface area contributed by atoms with Gasteiger partial charge in [-0.1, -0.05) is 52.4 Å². The van der Waals surface area contributed by atoms with Crippen LogP contribution >= 0.6 is 11.6 Å². The summed E-state index contributed by atoms with van der Waals surface area (Å²) in [6.07, 6.45) is 1.84. The summed E-state index contributed by atoms with van der Waals surface area (Å²) in [7, 11) is 0. The molecule has 5 nitrogen and oxygen atoms in total. The number of hydrogen-bond acceptors (Lipinski definition) is 4. The van der Waals surface area contributed by atoms with Crippen LogP contribution in [-0.4, -0.2) is 33.1 Å². The highest BCUT2D eigenvalue weighted by atomic mass is 35.5. The largest absolute Gasteiger partial charge is 0.591 e. The van der Waals surface area contributed by atoms with E-state index in [4.69, 9.17) is 16.3 Å². The summed E-state index contributed by atoms with van der Waals surface area (Å²) in [5, 5.41) is 0.582. The summed E-state index contributed by atoms with van der Waals surface area (Å²) < 4.78 is 21.7. The van der Waals surface area contributed by atoms with Gasteiger partial charge in [-0.15, -0.1) is 0 Å².